The van der Waals surface area contributed by atoms with Gasteiger partial charge < -0.3 is 9.80 Å². The van der Waals surface area contributed by atoms with Crippen LogP contribution in [0.1, 0.15) is 12.5 Å². The Morgan fingerprint density at radius 3 is 2.54 bits per heavy atom. The molecule has 1 saturated heterocycles. The normalized spacial score (nSPS) is 14.4. The monoisotopic (exact) mass is 436 g/mol. The number of nitrogens with zero attached hydrogens (tertiary/aromatic N) is 4. The summed E-state index contributed by atoms with van der Waals surface area (Å²) in [5.41, 5.74) is 4.90. The molecular formula is C22H21BrN4O. The van der Waals surface area contributed by atoms with Gasteiger partial charge in [-0.15, -0.1) is 0 Å². The highest BCUT2D eigenvalue weighted by Crippen LogP contribution is 2.30. The van der Waals surface area contributed by atoms with Crippen LogP contribution in [-0.2, 0) is 4.79 Å². The molecule has 0 atom stereocenters. The molecule has 0 radical (unpaired) electrons. The molecule has 3 aromatic rings. The van der Waals surface area contributed by atoms with Crippen LogP contribution in [0.15, 0.2) is 59.8 Å². The van der Waals surface area contributed by atoms with E-state index in [4.69, 9.17) is 0 Å². The number of carbonyl (C=O) groups excluding carboxylic acids is 1. The van der Waals surface area contributed by atoms with E-state index < -0.39 is 0 Å². The molecular weight excluding hydrogens is 416 g/mol. The fraction of sp³-hybridized carbons (Fsp3) is 0.227. The van der Waals surface area contributed by atoms with Crippen LogP contribution in [0.2, 0.25) is 0 Å². The molecule has 1 aliphatic heterocycles. The number of hydrogen-bond acceptors (Lipinski definition) is 4. The van der Waals surface area contributed by atoms with Crippen molar-refractivity contribution in [2.45, 2.75) is 6.92 Å². The van der Waals surface area contributed by atoms with Gasteiger partial charge in [-0.1, -0.05) is 40.7 Å². The molecule has 0 saturated carbocycles. The van der Waals surface area contributed by atoms with Crippen molar-refractivity contribution in [1.82, 2.24) is 19.8 Å². The first kappa shape index (κ1) is 18.6. The Bertz CT molecular complexity index is 1060. The lowest BCUT2D eigenvalue weighted by molar-refractivity contribution is -0.130. The van der Waals surface area contributed by atoms with Gasteiger partial charge in [-0.05, 0) is 29.8 Å². The van der Waals surface area contributed by atoms with E-state index in [9.17, 15) is 4.79 Å². The number of rotatable bonds is 3. The third-order valence-corrected chi connectivity index (χ3v) is 5.67. The van der Waals surface area contributed by atoms with Crippen molar-refractivity contribution < 1.29 is 4.79 Å². The largest absolute Gasteiger partial charge is 0.368 e. The molecule has 0 spiro atoms. The van der Waals surface area contributed by atoms with E-state index in [-0.39, 0.29) is 5.91 Å². The predicted octanol–water partition coefficient (Wildman–Crippen LogP) is 4.19. The van der Waals surface area contributed by atoms with Gasteiger partial charge in [-0.3, -0.25) is 4.79 Å². The van der Waals surface area contributed by atoms with Crippen molar-refractivity contribution in [1.29, 1.82) is 0 Å². The van der Waals surface area contributed by atoms with E-state index in [1.807, 2.05) is 29.2 Å². The molecule has 1 fully saturated rings. The maximum absolute atomic E-state index is 11.5. The van der Waals surface area contributed by atoms with Crippen LogP contribution in [0.5, 0.6) is 0 Å². The van der Waals surface area contributed by atoms with Gasteiger partial charge in [0.05, 0.1) is 11.2 Å². The summed E-state index contributed by atoms with van der Waals surface area (Å²) in [6, 6.07) is 14.3. The summed E-state index contributed by atoms with van der Waals surface area (Å²) in [7, 11) is 0. The minimum Gasteiger partial charge on any atom is -0.368 e. The second-order valence-corrected chi connectivity index (χ2v) is 7.82. The zero-order valence-electron chi connectivity index (χ0n) is 15.7. The Hall–Kier alpha value is -2.73. The van der Waals surface area contributed by atoms with E-state index in [0.29, 0.717) is 0 Å². The van der Waals surface area contributed by atoms with Crippen LogP contribution < -0.4 is 0 Å². The van der Waals surface area contributed by atoms with Gasteiger partial charge in [0.2, 0.25) is 5.91 Å². The average Bonchev–Trinajstić information content (AvgIpc) is 2.73. The van der Waals surface area contributed by atoms with Crippen LogP contribution in [0.3, 0.4) is 0 Å². The second kappa shape index (κ2) is 7.72. The molecule has 0 aliphatic carbocycles. The van der Waals surface area contributed by atoms with Crippen molar-refractivity contribution in [2.75, 3.05) is 26.2 Å². The van der Waals surface area contributed by atoms with Gasteiger partial charge in [0, 0.05) is 54.2 Å². The minimum absolute atomic E-state index is 0.133. The van der Waals surface area contributed by atoms with Crippen LogP contribution in [-0.4, -0.2) is 51.9 Å². The number of carbonyl (C=O) groups is 1. The van der Waals surface area contributed by atoms with Crippen molar-refractivity contribution in [2.24, 2.45) is 0 Å². The quantitative estimate of drug-likeness (QED) is 0.617. The van der Waals surface area contributed by atoms with E-state index >= 15 is 0 Å². The predicted molar refractivity (Wildman–Crippen MR) is 116 cm³/mol. The molecule has 0 bridgehead atoms. The van der Waals surface area contributed by atoms with Crippen LogP contribution in [0, 0.1) is 0 Å². The van der Waals surface area contributed by atoms with Crippen LogP contribution in [0.4, 0.5) is 0 Å². The van der Waals surface area contributed by atoms with E-state index in [0.717, 1.165) is 64.1 Å². The molecule has 5 nitrogen and oxygen atoms in total. The van der Waals surface area contributed by atoms with Gasteiger partial charge >= 0.3 is 0 Å². The fourth-order valence-electron chi connectivity index (χ4n) is 3.58. The molecule has 142 valence electrons. The van der Waals surface area contributed by atoms with Gasteiger partial charge in [0.1, 0.15) is 6.33 Å². The highest BCUT2D eigenvalue weighted by atomic mass is 79.9. The zero-order valence-corrected chi connectivity index (χ0v) is 17.3. The third-order valence-electron chi connectivity index (χ3n) is 5.17. The summed E-state index contributed by atoms with van der Waals surface area (Å²) >= 11 is 3.54. The van der Waals surface area contributed by atoms with Gasteiger partial charge in [-0.25, -0.2) is 9.97 Å². The lowest BCUT2D eigenvalue weighted by Crippen LogP contribution is -2.47. The zero-order chi connectivity index (χ0) is 19.7. The number of fused-ring (bicyclic) bond motifs is 1. The van der Waals surface area contributed by atoms with Gasteiger partial charge in [-0.2, -0.15) is 0 Å². The maximum Gasteiger partial charge on any atom is 0.219 e. The summed E-state index contributed by atoms with van der Waals surface area (Å²) < 4.78 is 1.000. The first-order valence-corrected chi connectivity index (χ1v) is 10.0. The number of hydrogen-bond donors (Lipinski definition) is 0. The Balaban J connectivity index is 1.63. The first-order chi connectivity index (χ1) is 13.5. The van der Waals surface area contributed by atoms with Crippen molar-refractivity contribution >= 4 is 38.4 Å². The van der Waals surface area contributed by atoms with Crippen molar-refractivity contribution in [3.8, 4) is 11.3 Å². The first-order valence-electron chi connectivity index (χ1n) is 9.23. The lowest BCUT2D eigenvalue weighted by atomic mass is 10.0. The standard InChI is InChI=1S/C22H21BrN4O/c1-15(26-8-10-27(11-9-26)16(2)28)17-4-3-5-18(12-17)22-20-13-19(23)6-7-21(20)24-14-25-22/h3-7,12-14H,1,8-11H2,2H3. The summed E-state index contributed by atoms with van der Waals surface area (Å²) in [4.78, 5) is 24.6. The van der Waals surface area contributed by atoms with Gasteiger partial charge in [0.15, 0.2) is 0 Å². The SMILES string of the molecule is C=C(c1cccc(-c2ncnc3ccc(Br)cc23)c1)N1CCN(C(C)=O)CC1. The number of aromatic nitrogens is 2. The summed E-state index contributed by atoms with van der Waals surface area (Å²) in [5, 5.41) is 1.01. The third kappa shape index (κ3) is 3.64. The maximum atomic E-state index is 11.5. The Kier molecular flexibility index (Phi) is 5.13. The summed E-state index contributed by atoms with van der Waals surface area (Å²) in [6.45, 7) is 9.00. The van der Waals surface area contributed by atoms with E-state index in [1.165, 1.54) is 0 Å². The lowest BCUT2D eigenvalue weighted by Gasteiger charge is -2.36. The van der Waals surface area contributed by atoms with E-state index in [1.54, 1.807) is 13.3 Å². The van der Waals surface area contributed by atoms with Crippen LogP contribution in [0.25, 0.3) is 27.9 Å². The molecule has 1 aromatic heterocycles. The van der Waals surface area contributed by atoms with Crippen molar-refractivity contribution in [3.05, 3.63) is 65.4 Å². The Morgan fingerprint density at radius 2 is 1.79 bits per heavy atom. The van der Waals surface area contributed by atoms with E-state index in [2.05, 4.69) is 55.6 Å². The average molecular weight is 437 g/mol. The highest BCUT2D eigenvalue weighted by Gasteiger charge is 2.20. The number of halogens is 1. The smallest absolute Gasteiger partial charge is 0.219 e. The molecule has 4 rings (SSSR count). The second-order valence-electron chi connectivity index (χ2n) is 6.90. The Labute approximate surface area is 172 Å². The topological polar surface area (TPSA) is 49.3 Å². The molecule has 0 N–H and O–H groups in total. The molecule has 2 aromatic carbocycles. The number of amides is 1. The summed E-state index contributed by atoms with van der Waals surface area (Å²) in [6.07, 6.45) is 1.61. The molecule has 1 aliphatic rings. The van der Waals surface area contributed by atoms with Crippen molar-refractivity contribution in [3.63, 3.8) is 0 Å². The number of benzene rings is 2. The fourth-order valence-corrected chi connectivity index (χ4v) is 3.94. The van der Waals surface area contributed by atoms with Gasteiger partial charge in [0.25, 0.3) is 0 Å². The molecule has 1 amide bonds. The molecule has 6 heteroatoms. The molecule has 0 unspecified atom stereocenters. The highest BCUT2D eigenvalue weighted by molar-refractivity contribution is 9.10. The number of piperazine rings is 1. The Morgan fingerprint density at radius 1 is 1.04 bits per heavy atom. The summed E-state index contributed by atoms with van der Waals surface area (Å²) in [5.74, 6) is 0.133. The molecule has 28 heavy (non-hydrogen) atoms. The minimum atomic E-state index is 0.133. The van der Waals surface area contributed by atoms with Crippen LogP contribution >= 0.6 is 15.9 Å². The molecule has 2 heterocycles.